The number of rotatable bonds is 4. The first-order chi connectivity index (χ1) is 20.4. The number of carbonyl (C=O) groups is 1. The number of oxime groups is 2. The van der Waals surface area contributed by atoms with Crippen molar-refractivity contribution >= 4 is 63.6 Å². The van der Waals surface area contributed by atoms with E-state index in [2.05, 4.69) is 10.3 Å². The predicted octanol–water partition coefficient (Wildman–Crippen LogP) is 8.88. The average Bonchev–Trinajstić information content (AvgIpc) is 3.65. The molecule has 0 amide bonds. The van der Waals surface area contributed by atoms with E-state index in [4.69, 9.17) is 56.1 Å². The summed E-state index contributed by atoms with van der Waals surface area (Å²) < 4.78 is 0. The third-order valence-electron chi connectivity index (χ3n) is 8.43. The van der Waals surface area contributed by atoms with Crippen LogP contribution in [-0.2, 0) is 14.5 Å². The van der Waals surface area contributed by atoms with E-state index in [1.807, 2.05) is 60.7 Å². The molecule has 1 saturated carbocycles. The number of ketones is 1. The summed E-state index contributed by atoms with van der Waals surface area (Å²) in [6, 6.07) is 29.8. The Morgan fingerprint density at radius 2 is 0.905 bits per heavy atom. The smallest absolute Gasteiger partial charge is 0.227 e. The van der Waals surface area contributed by atoms with Crippen molar-refractivity contribution in [2.24, 2.45) is 10.3 Å². The van der Waals surface area contributed by atoms with E-state index >= 15 is 4.79 Å². The first-order valence-electron chi connectivity index (χ1n) is 13.4. The van der Waals surface area contributed by atoms with Crippen LogP contribution in [0.2, 0.25) is 20.1 Å². The van der Waals surface area contributed by atoms with Crippen LogP contribution in [0.15, 0.2) is 107 Å². The molecule has 3 aliphatic rings. The van der Waals surface area contributed by atoms with Crippen molar-refractivity contribution in [3.63, 3.8) is 0 Å². The first kappa shape index (κ1) is 27.5. The van der Waals surface area contributed by atoms with Crippen molar-refractivity contribution in [2.45, 2.75) is 35.9 Å². The maximum Gasteiger partial charge on any atom is 0.227 e. The van der Waals surface area contributed by atoms with Crippen LogP contribution in [0.5, 0.6) is 0 Å². The SMILES string of the molecule is O=C1[C@@]2(CC[C@@]13ON=C(c1c(Cl)cccc1Cl)[C@@H]3c1ccccc1)ON=C(c1c(Cl)cccc1Cl)[C@@H]2c1ccccc1. The number of carbonyl (C=O) groups excluding carboxylic acids is 1. The first-order valence-corrected chi connectivity index (χ1v) is 14.9. The number of benzene rings is 4. The Morgan fingerprint density at radius 1 is 0.548 bits per heavy atom. The van der Waals surface area contributed by atoms with Gasteiger partial charge in [0.2, 0.25) is 17.0 Å². The minimum Gasteiger partial charge on any atom is -0.380 e. The van der Waals surface area contributed by atoms with E-state index in [0.717, 1.165) is 11.1 Å². The van der Waals surface area contributed by atoms with Crippen LogP contribution >= 0.6 is 46.4 Å². The second kappa shape index (κ2) is 10.4. The van der Waals surface area contributed by atoms with Gasteiger partial charge in [0.15, 0.2) is 0 Å². The molecular weight excluding hydrogens is 614 g/mol. The molecule has 0 N–H and O–H groups in total. The maximum atomic E-state index is 15.1. The summed E-state index contributed by atoms with van der Waals surface area (Å²) >= 11 is 26.6. The van der Waals surface area contributed by atoms with Crippen LogP contribution in [0, 0.1) is 0 Å². The van der Waals surface area contributed by atoms with E-state index in [1.54, 1.807) is 36.4 Å². The van der Waals surface area contributed by atoms with E-state index in [9.17, 15) is 0 Å². The highest BCUT2D eigenvalue weighted by molar-refractivity contribution is 6.42. The van der Waals surface area contributed by atoms with E-state index in [0.29, 0.717) is 55.5 Å². The Labute approximate surface area is 262 Å². The third kappa shape index (κ3) is 4.02. The van der Waals surface area contributed by atoms with Gasteiger partial charge < -0.3 is 9.68 Å². The van der Waals surface area contributed by atoms with Crippen molar-refractivity contribution in [1.82, 2.24) is 0 Å². The topological polar surface area (TPSA) is 60.2 Å². The van der Waals surface area contributed by atoms with Gasteiger partial charge in [-0.1, -0.05) is 130 Å². The molecule has 0 saturated heterocycles. The van der Waals surface area contributed by atoms with Gasteiger partial charge in [0.25, 0.3) is 0 Å². The number of hydrogen-bond donors (Lipinski definition) is 0. The third-order valence-corrected chi connectivity index (χ3v) is 9.69. The molecule has 0 aromatic heterocycles. The highest BCUT2D eigenvalue weighted by Crippen LogP contribution is 2.58. The summed E-state index contributed by atoms with van der Waals surface area (Å²) in [5.74, 6) is -1.46. The Morgan fingerprint density at radius 3 is 1.26 bits per heavy atom. The second-order valence-electron chi connectivity index (χ2n) is 10.6. The van der Waals surface area contributed by atoms with E-state index < -0.39 is 23.0 Å². The summed E-state index contributed by atoms with van der Waals surface area (Å²) in [4.78, 5) is 27.6. The molecule has 0 unspecified atom stereocenters. The van der Waals surface area contributed by atoms with E-state index in [1.165, 1.54) is 0 Å². The predicted molar refractivity (Wildman–Crippen MR) is 166 cm³/mol. The molecule has 0 bridgehead atoms. The second-order valence-corrected chi connectivity index (χ2v) is 12.3. The molecule has 2 spiro atoms. The van der Waals surface area contributed by atoms with Gasteiger partial charge in [-0.2, -0.15) is 0 Å². The van der Waals surface area contributed by atoms with Gasteiger partial charge in [0, 0.05) is 24.0 Å². The Balaban J connectivity index is 1.38. The molecule has 9 heteroatoms. The van der Waals surface area contributed by atoms with Gasteiger partial charge in [0.05, 0.1) is 31.9 Å². The standard InChI is InChI=1S/C33H22Cl4N2O3/c34-21-13-7-14-22(35)25(21)29-27(19-9-3-1-4-10-19)32(41-38-29)17-18-33(31(32)40)28(20-11-5-2-6-12-20)30(39-42-33)26-23(36)15-8-16-24(26)37/h1-16,27-28H,17-18H2/t27-,28-,32-,33-/m0/s1. The Kier molecular flexibility index (Phi) is 6.82. The van der Waals surface area contributed by atoms with Crippen LogP contribution < -0.4 is 0 Å². The minimum absolute atomic E-state index is 0.262. The van der Waals surface area contributed by atoms with Crippen LogP contribution in [0.25, 0.3) is 0 Å². The molecule has 7 rings (SSSR count). The average molecular weight is 636 g/mol. The summed E-state index contributed by atoms with van der Waals surface area (Å²) in [7, 11) is 0. The maximum absolute atomic E-state index is 15.1. The van der Waals surface area contributed by atoms with Gasteiger partial charge in [-0.25, -0.2) is 0 Å². The lowest BCUT2D eigenvalue weighted by atomic mass is 9.71. The lowest BCUT2D eigenvalue weighted by molar-refractivity contribution is -0.155. The summed E-state index contributed by atoms with van der Waals surface area (Å²) in [5, 5.41) is 10.7. The van der Waals surface area contributed by atoms with Crippen LogP contribution in [0.1, 0.15) is 46.9 Å². The molecule has 5 nitrogen and oxygen atoms in total. The number of hydrogen-bond acceptors (Lipinski definition) is 5. The van der Waals surface area contributed by atoms with Gasteiger partial charge in [-0.15, -0.1) is 0 Å². The number of nitrogens with zero attached hydrogens (tertiary/aromatic N) is 2. The molecule has 4 aromatic rings. The normalized spacial score (nSPS) is 26.3. The van der Waals surface area contributed by atoms with Crippen LogP contribution in [0.4, 0.5) is 0 Å². The van der Waals surface area contributed by atoms with Gasteiger partial charge in [-0.05, 0) is 35.4 Å². The molecule has 210 valence electrons. The van der Waals surface area contributed by atoms with Crippen molar-refractivity contribution in [2.75, 3.05) is 0 Å². The molecule has 0 radical (unpaired) electrons. The van der Waals surface area contributed by atoms with Crippen LogP contribution in [0.3, 0.4) is 0 Å². The quantitative estimate of drug-likeness (QED) is 0.225. The van der Waals surface area contributed by atoms with Crippen LogP contribution in [-0.4, -0.2) is 28.4 Å². The summed E-state index contributed by atoms with van der Waals surface area (Å²) in [5.41, 5.74) is 0.972. The van der Waals surface area contributed by atoms with Crippen molar-refractivity contribution in [3.8, 4) is 0 Å². The molecule has 1 aliphatic carbocycles. The lowest BCUT2D eigenvalue weighted by Crippen LogP contribution is -2.52. The fourth-order valence-corrected chi connectivity index (χ4v) is 7.79. The summed E-state index contributed by atoms with van der Waals surface area (Å²) in [6.07, 6.45) is 0.645. The van der Waals surface area contributed by atoms with E-state index in [-0.39, 0.29) is 5.78 Å². The van der Waals surface area contributed by atoms with Gasteiger partial charge in [-0.3, -0.25) is 4.79 Å². The van der Waals surface area contributed by atoms with Gasteiger partial charge in [0.1, 0.15) is 11.4 Å². The summed E-state index contributed by atoms with van der Waals surface area (Å²) in [6.45, 7) is 0. The Bertz CT molecular complexity index is 1610. The molecule has 4 atom stereocenters. The highest BCUT2D eigenvalue weighted by Gasteiger charge is 2.72. The molecule has 1 fully saturated rings. The Hall–Kier alpha value is -3.35. The van der Waals surface area contributed by atoms with Crippen molar-refractivity contribution in [3.05, 3.63) is 139 Å². The van der Waals surface area contributed by atoms with Crippen molar-refractivity contribution < 1.29 is 14.5 Å². The fourth-order valence-electron chi connectivity index (χ4n) is 6.61. The fraction of sp³-hybridized carbons (Fsp3) is 0.182. The zero-order chi connectivity index (χ0) is 29.1. The molecule has 2 heterocycles. The molecule has 4 aromatic carbocycles. The zero-order valence-corrected chi connectivity index (χ0v) is 25.0. The monoisotopic (exact) mass is 634 g/mol. The number of halogens is 4. The number of Topliss-reactive ketones (excluding diaryl/α,β-unsaturated/α-hetero) is 1. The molecular formula is C33H22Cl4N2O3. The zero-order valence-electron chi connectivity index (χ0n) is 21.9. The lowest BCUT2D eigenvalue weighted by Gasteiger charge is -2.32. The molecule has 2 aliphatic heterocycles. The van der Waals surface area contributed by atoms with Gasteiger partial charge >= 0.3 is 0 Å². The largest absolute Gasteiger partial charge is 0.380 e. The minimum atomic E-state index is -1.39. The molecule has 42 heavy (non-hydrogen) atoms. The van der Waals surface area contributed by atoms with Crippen molar-refractivity contribution in [1.29, 1.82) is 0 Å². The highest BCUT2D eigenvalue weighted by atomic mass is 35.5.